The number of nitro benzene ring substituents is 1. The van der Waals surface area contributed by atoms with Crippen LogP contribution in [0.5, 0.6) is 0 Å². The summed E-state index contributed by atoms with van der Waals surface area (Å²) in [6, 6.07) is 5.97. The van der Waals surface area contributed by atoms with Crippen molar-refractivity contribution in [1.29, 1.82) is 0 Å². The summed E-state index contributed by atoms with van der Waals surface area (Å²) in [5.74, 6) is 0. The van der Waals surface area contributed by atoms with Crippen molar-refractivity contribution in [2.45, 2.75) is 38.8 Å². The second-order valence-electron chi connectivity index (χ2n) is 5.93. The number of carbonyl (C=O) groups is 1. The Hall–Kier alpha value is -2.15. The van der Waals surface area contributed by atoms with Crippen molar-refractivity contribution < 1.29 is 19.2 Å². The van der Waals surface area contributed by atoms with Gasteiger partial charge < -0.3 is 14.8 Å². The quantitative estimate of drug-likeness (QED) is 0.644. The molecule has 0 bridgehead atoms. The molecule has 1 amide bonds. The molecule has 0 aromatic heterocycles. The van der Waals surface area contributed by atoms with Gasteiger partial charge in [0.15, 0.2) is 0 Å². The van der Waals surface area contributed by atoms with Crippen molar-refractivity contribution in [3.05, 3.63) is 39.9 Å². The zero-order valence-electron chi connectivity index (χ0n) is 13.3. The number of amides is 1. The first-order valence-corrected chi connectivity index (χ1v) is 6.93. The van der Waals surface area contributed by atoms with Gasteiger partial charge in [-0.1, -0.05) is 12.1 Å². The van der Waals surface area contributed by atoms with E-state index in [0.29, 0.717) is 6.42 Å². The van der Waals surface area contributed by atoms with Gasteiger partial charge in [-0.3, -0.25) is 10.1 Å². The van der Waals surface area contributed by atoms with E-state index in [4.69, 9.17) is 9.47 Å². The van der Waals surface area contributed by atoms with Gasteiger partial charge in [0.25, 0.3) is 5.69 Å². The molecule has 0 radical (unpaired) electrons. The lowest BCUT2D eigenvalue weighted by Crippen LogP contribution is -2.42. The zero-order chi connectivity index (χ0) is 16.8. The SMILES string of the molecule is COC[C@H](Cc1cccc([N+](=O)[O-])c1)NC(=O)OC(C)(C)C. The van der Waals surface area contributed by atoms with Crippen LogP contribution < -0.4 is 5.32 Å². The molecule has 1 atom stereocenters. The predicted molar refractivity (Wildman–Crippen MR) is 81.8 cm³/mol. The molecule has 7 nitrogen and oxygen atoms in total. The number of hydrogen-bond acceptors (Lipinski definition) is 5. The van der Waals surface area contributed by atoms with Crippen LogP contribution in [0.1, 0.15) is 26.3 Å². The van der Waals surface area contributed by atoms with Crippen LogP contribution in [0, 0.1) is 10.1 Å². The Morgan fingerprint density at radius 3 is 2.64 bits per heavy atom. The molecular formula is C15H22N2O5. The van der Waals surface area contributed by atoms with Gasteiger partial charge >= 0.3 is 6.09 Å². The number of nitrogens with one attached hydrogen (secondary N) is 1. The highest BCUT2D eigenvalue weighted by atomic mass is 16.6. The van der Waals surface area contributed by atoms with Crippen molar-refractivity contribution in [3.8, 4) is 0 Å². The molecule has 1 rings (SSSR count). The largest absolute Gasteiger partial charge is 0.444 e. The van der Waals surface area contributed by atoms with Crippen molar-refractivity contribution in [1.82, 2.24) is 5.32 Å². The summed E-state index contributed by atoms with van der Waals surface area (Å²) in [5.41, 5.74) is 0.172. The van der Waals surface area contributed by atoms with Crippen LogP contribution in [-0.2, 0) is 15.9 Å². The molecule has 0 spiro atoms. The topological polar surface area (TPSA) is 90.7 Å². The van der Waals surface area contributed by atoms with E-state index in [1.54, 1.807) is 32.9 Å². The normalized spacial score (nSPS) is 12.5. The maximum Gasteiger partial charge on any atom is 0.407 e. The second kappa shape index (κ2) is 7.74. The van der Waals surface area contributed by atoms with E-state index in [-0.39, 0.29) is 18.3 Å². The number of ether oxygens (including phenoxy) is 2. The molecule has 0 unspecified atom stereocenters. The number of hydrogen-bond donors (Lipinski definition) is 1. The minimum absolute atomic E-state index is 0.0194. The predicted octanol–water partition coefficient (Wildman–Crippen LogP) is 2.68. The third kappa shape index (κ3) is 6.53. The van der Waals surface area contributed by atoms with E-state index in [1.807, 2.05) is 0 Å². The Kier molecular flexibility index (Phi) is 6.30. The van der Waals surface area contributed by atoms with Gasteiger partial charge in [-0.15, -0.1) is 0 Å². The number of nitro groups is 1. The number of alkyl carbamates (subject to hydrolysis) is 1. The van der Waals surface area contributed by atoms with Crippen LogP contribution >= 0.6 is 0 Å². The number of benzene rings is 1. The number of non-ortho nitro benzene ring substituents is 1. The second-order valence-corrected chi connectivity index (χ2v) is 5.93. The first kappa shape index (κ1) is 17.9. The van der Waals surface area contributed by atoms with Gasteiger partial charge in [0.2, 0.25) is 0 Å². The van der Waals surface area contributed by atoms with Gasteiger partial charge in [-0.25, -0.2) is 4.79 Å². The molecule has 1 N–H and O–H groups in total. The molecular weight excluding hydrogens is 288 g/mol. The number of rotatable bonds is 6. The number of nitrogens with zero attached hydrogens (tertiary/aromatic N) is 1. The maximum atomic E-state index is 11.8. The smallest absolute Gasteiger partial charge is 0.407 e. The summed E-state index contributed by atoms with van der Waals surface area (Å²) < 4.78 is 10.3. The summed E-state index contributed by atoms with van der Waals surface area (Å²) in [7, 11) is 1.53. The standard InChI is InChI=1S/C15H22N2O5/c1-15(2,3)22-14(18)16-12(10-21-4)8-11-6-5-7-13(9-11)17(19)20/h5-7,9,12H,8,10H2,1-4H3,(H,16,18)/t12-/m0/s1. The molecule has 1 aromatic rings. The highest BCUT2D eigenvalue weighted by Crippen LogP contribution is 2.15. The lowest BCUT2D eigenvalue weighted by molar-refractivity contribution is -0.384. The monoisotopic (exact) mass is 310 g/mol. The minimum Gasteiger partial charge on any atom is -0.444 e. The highest BCUT2D eigenvalue weighted by Gasteiger charge is 2.20. The molecule has 122 valence electrons. The molecule has 0 aliphatic heterocycles. The Bertz CT molecular complexity index is 525. The highest BCUT2D eigenvalue weighted by molar-refractivity contribution is 5.68. The van der Waals surface area contributed by atoms with E-state index in [9.17, 15) is 14.9 Å². The summed E-state index contributed by atoms with van der Waals surface area (Å²) >= 11 is 0. The van der Waals surface area contributed by atoms with E-state index < -0.39 is 16.6 Å². The Balaban J connectivity index is 2.73. The fraction of sp³-hybridized carbons (Fsp3) is 0.533. The minimum atomic E-state index is -0.590. The van der Waals surface area contributed by atoms with Crippen LogP contribution in [0.2, 0.25) is 0 Å². The van der Waals surface area contributed by atoms with E-state index >= 15 is 0 Å². The van der Waals surface area contributed by atoms with Gasteiger partial charge in [-0.2, -0.15) is 0 Å². The Morgan fingerprint density at radius 1 is 1.41 bits per heavy atom. The summed E-state index contributed by atoms with van der Waals surface area (Å²) in [4.78, 5) is 22.2. The molecule has 0 aliphatic rings. The molecule has 0 heterocycles. The van der Waals surface area contributed by atoms with Gasteiger partial charge in [0.05, 0.1) is 17.6 Å². The van der Waals surface area contributed by atoms with Crippen LogP contribution in [-0.4, -0.2) is 36.4 Å². The fourth-order valence-electron chi connectivity index (χ4n) is 1.91. The Morgan fingerprint density at radius 2 is 2.09 bits per heavy atom. The lowest BCUT2D eigenvalue weighted by atomic mass is 10.1. The van der Waals surface area contributed by atoms with Gasteiger partial charge in [0, 0.05) is 19.2 Å². The van der Waals surface area contributed by atoms with Gasteiger partial charge in [-0.05, 0) is 32.8 Å². The summed E-state index contributed by atoms with van der Waals surface area (Å²) in [6.45, 7) is 5.61. The van der Waals surface area contributed by atoms with Crippen molar-refractivity contribution in [2.24, 2.45) is 0 Å². The van der Waals surface area contributed by atoms with Crippen LogP contribution in [0.25, 0.3) is 0 Å². The van der Waals surface area contributed by atoms with E-state index in [0.717, 1.165) is 5.56 Å². The molecule has 22 heavy (non-hydrogen) atoms. The molecule has 0 fully saturated rings. The first-order valence-electron chi connectivity index (χ1n) is 6.93. The zero-order valence-corrected chi connectivity index (χ0v) is 13.3. The van der Waals surface area contributed by atoms with Crippen molar-refractivity contribution in [3.63, 3.8) is 0 Å². The first-order chi connectivity index (χ1) is 10.2. The third-order valence-electron chi connectivity index (χ3n) is 2.69. The number of carbonyl (C=O) groups excluding carboxylic acids is 1. The maximum absolute atomic E-state index is 11.8. The average molecular weight is 310 g/mol. The molecule has 1 aromatic carbocycles. The van der Waals surface area contributed by atoms with Crippen molar-refractivity contribution in [2.75, 3.05) is 13.7 Å². The van der Waals surface area contributed by atoms with Crippen molar-refractivity contribution >= 4 is 11.8 Å². The molecule has 0 aliphatic carbocycles. The van der Waals surface area contributed by atoms with Crippen LogP contribution in [0.3, 0.4) is 0 Å². The summed E-state index contributed by atoms with van der Waals surface area (Å²) in [5, 5.41) is 13.5. The third-order valence-corrected chi connectivity index (χ3v) is 2.69. The average Bonchev–Trinajstić information content (AvgIpc) is 2.36. The fourth-order valence-corrected chi connectivity index (χ4v) is 1.91. The van der Waals surface area contributed by atoms with Crippen LogP contribution in [0.15, 0.2) is 24.3 Å². The Labute approximate surface area is 129 Å². The molecule has 0 saturated heterocycles. The number of methoxy groups -OCH3 is 1. The summed E-state index contributed by atoms with van der Waals surface area (Å²) in [6.07, 6.45) is -0.130. The molecule has 7 heteroatoms. The van der Waals surface area contributed by atoms with E-state index in [2.05, 4.69) is 5.32 Å². The van der Waals surface area contributed by atoms with E-state index in [1.165, 1.54) is 19.2 Å². The van der Waals surface area contributed by atoms with Gasteiger partial charge in [0.1, 0.15) is 5.60 Å². The lowest BCUT2D eigenvalue weighted by Gasteiger charge is -2.23. The van der Waals surface area contributed by atoms with Crippen LogP contribution in [0.4, 0.5) is 10.5 Å². The molecule has 0 saturated carbocycles.